The molecule has 0 saturated carbocycles. The number of aromatic nitrogens is 4. The number of carbonyl (C=O) groups is 1. The standard InChI is InChI=1S/C18H21N5O/c1-22-8-5-16(21-22)18(24)23-7-2-3-13(12-23)9-14-10-15-4-6-19-17(15)20-11-14/h4-6,8,10-11,13H,2-3,7,9,12H2,1H3,(H,19,20)/t13-/m0/s1. The van der Waals surface area contributed by atoms with Gasteiger partial charge in [0.1, 0.15) is 11.3 Å². The van der Waals surface area contributed by atoms with Crippen molar-refractivity contribution in [2.45, 2.75) is 19.3 Å². The third kappa shape index (κ3) is 2.91. The zero-order valence-electron chi connectivity index (χ0n) is 13.8. The molecule has 0 aromatic carbocycles. The van der Waals surface area contributed by atoms with Crippen LogP contribution < -0.4 is 0 Å². The summed E-state index contributed by atoms with van der Waals surface area (Å²) in [4.78, 5) is 22.1. The molecule has 3 aromatic heterocycles. The van der Waals surface area contributed by atoms with Gasteiger partial charge in [0.05, 0.1) is 0 Å². The number of H-pyrrole nitrogens is 1. The van der Waals surface area contributed by atoms with Crippen molar-refractivity contribution < 1.29 is 4.79 Å². The molecule has 6 nitrogen and oxygen atoms in total. The smallest absolute Gasteiger partial charge is 0.274 e. The van der Waals surface area contributed by atoms with Crippen molar-refractivity contribution in [1.82, 2.24) is 24.6 Å². The van der Waals surface area contributed by atoms with Gasteiger partial charge < -0.3 is 9.88 Å². The number of amides is 1. The molecule has 1 aliphatic heterocycles. The highest BCUT2D eigenvalue weighted by atomic mass is 16.2. The minimum Gasteiger partial charge on any atom is -0.346 e. The molecule has 1 atom stereocenters. The van der Waals surface area contributed by atoms with E-state index in [2.05, 4.69) is 21.1 Å². The summed E-state index contributed by atoms with van der Waals surface area (Å²) in [7, 11) is 1.83. The average molecular weight is 323 g/mol. The van der Waals surface area contributed by atoms with E-state index >= 15 is 0 Å². The van der Waals surface area contributed by atoms with Gasteiger partial charge in [-0.3, -0.25) is 9.48 Å². The van der Waals surface area contributed by atoms with Crippen LogP contribution in [0.3, 0.4) is 0 Å². The Balaban J connectivity index is 1.45. The number of rotatable bonds is 3. The van der Waals surface area contributed by atoms with Crippen LogP contribution >= 0.6 is 0 Å². The highest BCUT2D eigenvalue weighted by Gasteiger charge is 2.25. The first-order valence-electron chi connectivity index (χ1n) is 8.40. The van der Waals surface area contributed by atoms with E-state index in [4.69, 9.17) is 0 Å². The molecule has 0 unspecified atom stereocenters. The maximum atomic E-state index is 12.6. The summed E-state index contributed by atoms with van der Waals surface area (Å²) in [5.74, 6) is 0.518. The van der Waals surface area contributed by atoms with Crippen molar-refractivity contribution in [1.29, 1.82) is 0 Å². The number of piperidine rings is 1. The molecule has 1 aliphatic rings. The molecule has 0 spiro atoms. The van der Waals surface area contributed by atoms with Crippen molar-refractivity contribution in [3.63, 3.8) is 0 Å². The average Bonchev–Trinajstić information content (AvgIpc) is 3.23. The highest BCUT2D eigenvalue weighted by Crippen LogP contribution is 2.23. The Kier molecular flexibility index (Phi) is 3.80. The minimum absolute atomic E-state index is 0.0412. The van der Waals surface area contributed by atoms with Gasteiger partial charge in [-0.05, 0) is 48.9 Å². The number of carbonyl (C=O) groups excluding carboxylic acids is 1. The molecule has 124 valence electrons. The van der Waals surface area contributed by atoms with Gasteiger partial charge in [0, 0.05) is 44.1 Å². The highest BCUT2D eigenvalue weighted by molar-refractivity contribution is 5.92. The number of aromatic amines is 1. The quantitative estimate of drug-likeness (QED) is 0.805. The topological polar surface area (TPSA) is 66.8 Å². The van der Waals surface area contributed by atoms with Gasteiger partial charge in [-0.2, -0.15) is 5.10 Å². The van der Waals surface area contributed by atoms with E-state index in [1.807, 2.05) is 36.6 Å². The molecule has 4 rings (SSSR count). The van der Waals surface area contributed by atoms with E-state index in [9.17, 15) is 4.79 Å². The van der Waals surface area contributed by atoms with Crippen molar-refractivity contribution in [3.8, 4) is 0 Å². The lowest BCUT2D eigenvalue weighted by atomic mass is 9.91. The fourth-order valence-corrected chi connectivity index (χ4v) is 3.54. The Hall–Kier alpha value is -2.63. The largest absolute Gasteiger partial charge is 0.346 e. The van der Waals surface area contributed by atoms with Gasteiger partial charge >= 0.3 is 0 Å². The van der Waals surface area contributed by atoms with Gasteiger partial charge in [0.15, 0.2) is 0 Å². The van der Waals surface area contributed by atoms with E-state index < -0.39 is 0 Å². The number of hydrogen-bond donors (Lipinski definition) is 1. The summed E-state index contributed by atoms with van der Waals surface area (Å²) in [6.45, 7) is 1.61. The third-order valence-corrected chi connectivity index (χ3v) is 4.72. The van der Waals surface area contributed by atoms with Crippen molar-refractivity contribution in [2.75, 3.05) is 13.1 Å². The van der Waals surface area contributed by atoms with E-state index in [0.29, 0.717) is 11.6 Å². The first-order chi connectivity index (χ1) is 11.7. The molecular weight excluding hydrogens is 302 g/mol. The normalized spacial score (nSPS) is 18.2. The van der Waals surface area contributed by atoms with E-state index in [1.165, 1.54) is 5.56 Å². The summed E-state index contributed by atoms with van der Waals surface area (Å²) in [6.07, 6.45) is 8.82. The summed E-state index contributed by atoms with van der Waals surface area (Å²) in [5, 5.41) is 5.38. The Morgan fingerprint density at radius 3 is 3.17 bits per heavy atom. The predicted molar refractivity (Wildman–Crippen MR) is 91.6 cm³/mol. The van der Waals surface area contributed by atoms with Gasteiger partial charge in [-0.1, -0.05) is 0 Å². The molecule has 1 amide bonds. The number of pyridine rings is 1. The monoisotopic (exact) mass is 323 g/mol. The van der Waals surface area contributed by atoms with Crippen molar-refractivity contribution in [3.05, 3.63) is 48.0 Å². The lowest BCUT2D eigenvalue weighted by molar-refractivity contribution is 0.0666. The fraction of sp³-hybridized carbons (Fsp3) is 0.389. The minimum atomic E-state index is 0.0412. The third-order valence-electron chi connectivity index (χ3n) is 4.72. The van der Waals surface area contributed by atoms with E-state index in [0.717, 1.165) is 43.4 Å². The lowest BCUT2D eigenvalue weighted by Gasteiger charge is -2.32. The maximum absolute atomic E-state index is 12.6. The van der Waals surface area contributed by atoms with Crippen molar-refractivity contribution >= 4 is 16.9 Å². The Bertz CT molecular complexity index is 865. The second-order valence-corrected chi connectivity index (χ2v) is 6.60. The first kappa shape index (κ1) is 14.9. The van der Waals surface area contributed by atoms with Crippen LogP contribution in [0, 0.1) is 5.92 Å². The van der Waals surface area contributed by atoms with Crippen LogP contribution in [0.1, 0.15) is 28.9 Å². The second kappa shape index (κ2) is 6.11. The molecular formula is C18H21N5O. The molecule has 0 aliphatic carbocycles. The number of nitrogens with zero attached hydrogens (tertiary/aromatic N) is 4. The van der Waals surface area contributed by atoms with Gasteiger partial charge in [0.25, 0.3) is 5.91 Å². The van der Waals surface area contributed by atoms with E-state index in [1.54, 1.807) is 10.7 Å². The lowest BCUT2D eigenvalue weighted by Crippen LogP contribution is -2.40. The molecule has 1 N–H and O–H groups in total. The summed E-state index contributed by atoms with van der Waals surface area (Å²) in [5.41, 5.74) is 2.70. The fourth-order valence-electron chi connectivity index (χ4n) is 3.54. The van der Waals surface area contributed by atoms with Gasteiger partial charge in [-0.25, -0.2) is 4.98 Å². The van der Waals surface area contributed by atoms with Crippen LogP contribution in [-0.4, -0.2) is 43.6 Å². The van der Waals surface area contributed by atoms with Crippen LogP contribution in [0.25, 0.3) is 11.0 Å². The molecule has 24 heavy (non-hydrogen) atoms. The number of fused-ring (bicyclic) bond motifs is 1. The van der Waals surface area contributed by atoms with Gasteiger partial charge in [0.2, 0.25) is 0 Å². The van der Waals surface area contributed by atoms with E-state index in [-0.39, 0.29) is 5.91 Å². The number of nitrogens with one attached hydrogen (secondary N) is 1. The SMILES string of the molecule is Cn1ccc(C(=O)N2CCC[C@@H](Cc3cnc4[nH]ccc4c3)C2)n1. The predicted octanol–water partition coefficient (Wildman–Crippen LogP) is 2.39. The molecule has 4 heterocycles. The summed E-state index contributed by atoms with van der Waals surface area (Å²) >= 11 is 0. The molecule has 3 aromatic rings. The number of hydrogen-bond acceptors (Lipinski definition) is 3. The van der Waals surface area contributed by atoms with Crippen molar-refractivity contribution in [2.24, 2.45) is 13.0 Å². The zero-order valence-corrected chi connectivity index (χ0v) is 13.8. The molecule has 1 saturated heterocycles. The second-order valence-electron chi connectivity index (χ2n) is 6.60. The van der Waals surface area contributed by atoms with Gasteiger partial charge in [-0.15, -0.1) is 0 Å². The van der Waals surface area contributed by atoms with Crippen LogP contribution in [-0.2, 0) is 13.5 Å². The Morgan fingerprint density at radius 2 is 2.33 bits per heavy atom. The van der Waals surface area contributed by atoms with Crippen LogP contribution in [0.2, 0.25) is 0 Å². The first-order valence-corrected chi connectivity index (χ1v) is 8.40. The van der Waals surface area contributed by atoms with Crippen LogP contribution in [0.5, 0.6) is 0 Å². The molecule has 6 heteroatoms. The molecule has 1 fully saturated rings. The Morgan fingerprint density at radius 1 is 1.42 bits per heavy atom. The summed E-state index contributed by atoms with van der Waals surface area (Å²) < 4.78 is 1.67. The maximum Gasteiger partial charge on any atom is 0.274 e. The summed E-state index contributed by atoms with van der Waals surface area (Å²) in [6, 6.07) is 6.03. The number of aryl methyl sites for hydroxylation is 1. The van der Waals surface area contributed by atoms with Crippen LogP contribution in [0.4, 0.5) is 0 Å². The molecule has 0 radical (unpaired) electrons. The molecule has 0 bridgehead atoms. The Labute approximate surface area is 140 Å². The number of likely N-dealkylation sites (tertiary alicyclic amines) is 1. The van der Waals surface area contributed by atoms with Crippen LogP contribution in [0.15, 0.2) is 36.8 Å². The zero-order chi connectivity index (χ0) is 16.5.